The first-order valence-corrected chi connectivity index (χ1v) is 14.0. The standard InChI is InChI=1S/C32H35N5O5/c1-40-27-15-14-23(19-28(27)41-2)30-35-29(42-36-30)21-37-18-8-11-24(20-37)31(38)34-26-13-7-6-12-25(26)32(39)33-17-16-22-9-4-3-5-10-22/h3-7,9-10,12-15,19,24H,8,11,16-18,20-21H2,1-2H3,(H,33,39)(H,34,38). The number of rotatable bonds is 11. The maximum absolute atomic E-state index is 13.3. The van der Waals surface area contributed by atoms with Crippen molar-refractivity contribution in [2.45, 2.75) is 25.8 Å². The van der Waals surface area contributed by atoms with Gasteiger partial charge >= 0.3 is 0 Å². The zero-order valence-corrected chi connectivity index (χ0v) is 23.8. The van der Waals surface area contributed by atoms with Crippen LogP contribution >= 0.6 is 0 Å². The van der Waals surface area contributed by atoms with Gasteiger partial charge in [0.2, 0.25) is 17.6 Å². The Morgan fingerprint density at radius 2 is 1.79 bits per heavy atom. The Hall–Kier alpha value is -4.70. The highest BCUT2D eigenvalue weighted by Crippen LogP contribution is 2.31. The summed E-state index contributed by atoms with van der Waals surface area (Å²) in [6.07, 6.45) is 2.35. The van der Waals surface area contributed by atoms with Gasteiger partial charge in [0.1, 0.15) is 0 Å². The number of anilines is 1. The van der Waals surface area contributed by atoms with E-state index in [9.17, 15) is 9.59 Å². The molecule has 0 radical (unpaired) electrons. The Kier molecular flexibility index (Phi) is 9.45. The largest absolute Gasteiger partial charge is 0.493 e. The number of amides is 2. The van der Waals surface area contributed by atoms with E-state index >= 15 is 0 Å². The predicted molar refractivity (Wildman–Crippen MR) is 158 cm³/mol. The van der Waals surface area contributed by atoms with Gasteiger partial charge in [0.05, 0.1) is 37.9 Å². The number of aromatic nitrogens is 2. The van der Waals surface area contributed by atoms with E-state index in [0.29, 0.717) is 54.1 Å². The molecule has 0 saturated carbocycles. The minimum Gasteiger partial charge on any atom is -0.493 e. The minimum absolute atomic E-state index is 0.110. The van der Waals surface area contributed by atoms with E-state index in [-0.39, 0.29) is 17.7 Å². The molecule has 2 N–H and O–H groups in total. The van der Waals surface area contributed by atoms with E-state index in [2.05, 4.69) is 25.7 Å². The average molecular weight is 570 g/mol. The molecular weight excluding hydrogens is 534 g/mol. The van der Waals surface area contributed by atoms with Gasteiger partial charge in [-0.2, -0.15) is 4.98 Å². The van der Waals surface area contributed by atoms with Crippen molar-refractivity contribution >= 4 is 17.5 Å². The third kappa shape index (κ3) is 7.13. The van der Waals surface area contributed by atoms with E-state index in [1.807, 2.05) is 42.5 Å². The van der Waals surface area contributed by atoms with Gasteiger partial charge in [-0.25, -0.2) is 0 Å². The first-order valence-electron chi connectivity index (χ1n) is 14.0. The molecule has 1 fully saturated rings. The molecule has 1 saturated heterocycles. The van der Waals surface area contributed by atoms with Crippen molar-refractivity contribution in [3.63, 3.8) is 0 Å². The van der Waals surface area contributed by atoms with Crippen LogP contribution in [0.3, 0.4) is 0 Å². The van der Waals surface area contributed by atoms with Crippen molar-refractivity contribution < 1.29 is 23.6 Å². The number of likely N-dealkylation sites (tertiary alicyclic amines) is 1. The van der Waals surface area contributed by atoms with Crippen LogP contribution in [-0.4, -0.2) is 60.7 Å². The molecule has 218 valence electrons. The van der Waals surface area contributed by atoms with Crippen LogP contribution < -0.4 is 20.1 Å². The van der Waals surface area contributed by atoms with Gasteiger partial charge in [0, 0.05) is 18.7 Å². The van der Waals surface area contributed by atoms with Gasteiger partial charge < -0.3 is 24.6 Å². The molecule has 3 aromatic carbocycles. The highest BCUT2D eigenvalue weighted by molar-refractivity contribution is 6.04. The maximum Gasteiger partial charge on any atom is 0.253 e. The second-order valence-corrected chi connectivity index (χ2v) is 10.2. The third-order valence-corrected chi connectivity index (χ3v) is 7.32. The van der Waals surface area contributed by atoms with Crippen LogP contribution in [0.2, 0.25) is 0 Å². The average Bonchev–Trinajstić information content (AvgIpc) is 3.50. The van der Waals surface area contributed by atoms with Crippen molar-refractivity contribution in [2.24, 2.45) is 5.92 Å². The van der Waals surface area contributed by atoms with Crippen LogP contribution in [0.15, 0.2) is 77.3 Å². The fourth-order valence-electron chi connectivity index (χ4n) is 5.10. The lowest BCUT2D eigenvalue weighted by molar-refractivity contribution is -0.121. The normalized spacial score (nSPS) is 15.1. The maximum atomic E-state index is 13.3. The molecule has 2 heterocycles. The summed E-state index contributed by atoms with van der Waals surface area (Å²) in [5.41, 5.74) is 2.86. The van der Waals surface area contributed by atoms with Crippen LogP contribution in [0.1, 0.15) is 34.7 Å². The molecule has 0 aliphatic carbocycles. The number of nitrogens with one attached hydrogen (secondary N) is 2. The summed E-state index contributed by atoms with van der Waals surface area (Å²) >= 11 is 0. The summed E-state index contributed by atoms with van der Waals surface area (Å²) in [5, 5.41) is 10.1. The summed E-state index contributed by atoms with van der Waals surface area (Å²) in [4.78, 5) is 32.9. The van der Waals surface area contributed by atoms with Gasteiger partial charge in [-0.1, -0.05) is 47.6 Å². The number of carbonyl (C=O) groups excluding carboxylic acids is 2. The number of para-hydroxylation sites is 1. The molecule has 1 atom stereocenters. The van der Waals surface area contributed by atoms with E-state index in [1.54, 1.807) is 44.6 Å². The number of nitrogens with zero attached hydrogens (tertiary/aromatic N) is 3. The van der Waals surface area contributed by atoms with Crippen molar-refractivity contribution in [3.8, 4) is 22.9 Å². The Labute approximate surface area is 245 Å². The fraction of sp³-hybridized carbons (Fsp3) is 0.312. The van der Waals surface area contributed by atoms with Gasteiger partial charge in [-0.3, -0.25) is 14.5 Å². The second-order valence-electron chi connectivity index (χ2n) is 10.2. The molecule has 4 aromatic rings. The molecule has 10 heteroatoms. The molecule has 1 aliphatic rings. The number of piperidine rings is 1. The fourth-order valence-corrected chi connectivity index (χ4v) is 5.10. The Balaban J connectivity index is 1.17. The molecule has 0 bridgehead atoms. The monoisotopic (exact) mass is 569 g/mol. The quantitative estimate of drug-likeness (QED) is 0.270. The van der Waals surface area contributed by atoms with Crippen LogP contribution in [0.5, 0.6) is 11.5 Å². The zero-order chi connectivity index (χ0) is 29.3. The Bertz CT molecular complexity index is 1510. The number of methoxy groups -OCH3 is 2. The van der Waals surface area contributed by atoms with Gasteiger partial charge in [0.15, 0.2) is 11.5 Å². The lowest BCUT2D eigenvalue weighted by atomic mass is 9.96. The molecular formula is C32H35N5O5. The highest BCUT2D eigenvalue weighted by atomic mass is 16.5. The van der Waals surface area contributed by atoms with Crippen LogP contribution in [0.4, 0.5) is 5.69 Å². The smallest absolute Gasteiger partial charge is 0.253 e. The van der Waals surface area contributed by atoms with E-state index in [0.717, 1.165) is 36.9 Å². The number of hydrogen-bond donors (Lipinski definition) is 2. The van der Waals surface area contributed by atoms with Crippen LogP contribution in [0.25, 0.3) is 11.4 Å². The van der Waals surface area contributed by atoms with Crippen molar-refractivity contribution in [1.29, 1.82) is 0 Å². The van der Waals surface area contributed by atoms with Crippen molar-refractivity contribution in [2.75, 3.05) is 39.2 Å². The van der Waals surface area contributed by atoms with Crippen molar-refractivity contribution in [1.82, 2.24) is 20.4 Å². The first-order chi connectivity index (χ1) is 20.5. The molecule has 10 nitrogen and oxygen atoms in total. The van der Waals surface area contributed by atoms with E-state index in [4.69, 9.17) is 14.0 Å². The Morgan fingerprint density at radius 1 is 1.00 bits per heavy atom. The summed E-state index contributed by atoms with van der Waals surface area (Å²) in [6.45, 7) is 2.31. The SMILES string of the molecule is COc1ccc(-c2noc(CN3CCCC(C(=O)Nc4ccccc4C(=O)NCCc4ccccc4)C3)n2)cc1OC. The van der Waals surface area contributed by atoms with Crippen LogP contribution in [0, 0.1) is 5.92 Å². The van der Waals surface area contributed by atoms with Gasteiger partial charge in [0.25, 0.3) is 5.91 Å². The minimum atomic E-state index is -0.235. The number of hydrogen-bond acceptors (Lipinski definition) is 8. The summed E-state index contributed by atoms with van der Waals surface area (Å²) in [6, 6.07) is 22.5. The zero-order valence-electron chi connectivity index (χ0n) is 23.8. The molecule has 1 unspecified atom stereocenters. The van der Waals surface area contributed by atoms with Crippen molar-refractivity contribution in [3.05, 3.63) is 89.8 Å². The third-order valence-electron chi connectivity index (χ3n) is 7.32. The number of benzene rings is 3. The molecule has 42 heavy (non-hydrogen) atoms. The molecule has 1 aromatic heterocycles. The first kappa shape index (κ1) is 28.8. The van der Waals surface area contributed by atoms with Gasteiger partial charge in [-0.15, -0.1) is 0 Å². The second kappa shape index (κ2) is 13.8. The lowest BCUT2D eigenvalue weighted by Gasteiger charge is -2.31. The predicted octanol–water partition coefficient (Wildman–Crippen LogP) is 4.58. The molecule has 0 spiro atoms. The number of ether oxygens (including phenoxy) is 2. The summed E-state index contributed by atoms with van der Waals surface area (Å²) < 4.78 is 16.2. The summed E-state index contributed by atoms with van der Waals surface area (Å²) in [5.74, 6) is 1.57. The topological polar surface area (TPSA) is 119 Å². The molecule has 1 aliphatic heterocycles. The lowest BCUT2D eigenvalue weighted by Crippen LogP contribution is -2.40. The highest BCUT2D eigenvalue weighted by Gasteiger charge is 2.28. The number of carbonyl (C=O) groups is 2. The molecule has 5 rings (SSSR count). The Morgan fingerprint density at radius 3 is 2.60 bits per heavy atom. The van der Waals surface area contributed by atoms with Gasteiger partial charge in [-0.05, 0) is 61.7 Å². The van der Waals surface area contributed by atoms with E-state index in [1.165, 1.54) is 0 Å². The van der Waals surface area contributed by atoms with E-state index < -0.39 is 0 Å². The summed E-state index contributed by atoms with van der Waals surface area (Å²) in [7, 11) is 3.16. The molecule has 2 amide bonds. The van der Waals surface area contributed by atoms with Crippen LogP contribution in [-0.2, 0) is 17.8 Å².